The fourth-order valence-corrected chi connectivity index (χ4v) is 1.48. The molecule has 0 aromatic rings. The lowest BCUT2D eigenvalue weighted by atomic mass is 10.1. The zero-order valence-electron chi connectivity index (χ0n) is 9.31. The minimum Gasteiger partial charge on any atom is -0.411 e. The van der Waals surface area contributed by atoms with Crippen LogP contribution in [0.25, 0.3) is 0 Å². The summed E-state index contributed by atoms with van der Waals surface area (Å²) in [6.07, 6.45) is 7.58. The summed E-state index contributed by atoms with van der Waals surface area (Å²) in [5.74, 6) is 0. The first-order valence-corrected chi connectivity index (χ1v) is 5.02. The molecule has 1 rings (SSSR count). The molecule has 0 unspecified atom stereocenters. The maximum Gasteiger partial charge on any atom is 0.0637 e. The third-order valence-corrected chi connectivity index (χ3v) is 2.26. The van der Waals surface area contributed by atoms with Crippen molar-refractivity contribution in [3.63, 3.8) is 0 Å². The molecule has 0 aromatic carbocycles. The predicted octanol–water partition coefficient (Wildman–Crippen LogP) is 1.63. The second-order valence-corrected chi connectivity index (χ2v) is 3.63. The van der Waals surface area contributed by atoms with Crippen molar-refractivity contribution in [2.45, 2.75) is 12.8 Å². The van der Waals surface area contributed by atoms with E-state index in [9.17, 15) is 0 Å². The van der Waals surface area contributed by atoms with Crippen LogP contribution in [-0.2, 0) is 4.74 Å². The predicted molar refractivity (Wildman–Crippen MR) is 60.2 cm³/mol. The molecule has 15 heavy (non-hydrogen) atoms. The van der Waals surface area contributed by atoms with Gasteiger partial charge < -0.3 is 14.8 Å². The van der Waals surface area contributed by atoms with Crippen LogP contribution in [0.3, 0.4) is 0 Å². The number of likely N-dealkylation sites (N-methyl/N-ethyl adjacent to an activating group) is 1. The van der Waals surface area contributed by atoms with Crippen LogP contribution in [0.15, 0.2) is 29.1 Å². The Hall–Kier alpha value is -1.29. The summed E-state index contributed by atoms with van der Waals surface area (Å²) in [5.41, 5.74) is 1.91. The molecule has 0 aromatic heterocycles. The summed E-state index contributed by atoms with van der Waals surface area (Å²) < 4.78 is 4.94. The molecule has 1 aliphatic heterocycles. The lowest BCUT2D eigenvalue weighted by Crippen LogP contribution is -2.15. The van der Waals surface area contributed by atoms with Gasteiger partial charge in [0, 0.05) is 39.7 Å². The summed E-state index contributed by atoms with van der Waals surface area (Å²) in [5, 5.41) is 12.1. The summed E-state index contributed by atoms with van der Waals surface area (Å²) in [6.45, 7) is 1.53. The second kappa shape index (κ2) is 6.24. The van der Waals surface area contributed by atoms with Gasteiger partial charge in [-0.2, -0.15) is 0 Å². The van der Waals surface area contributed by atoms with Crippen LogP contribution in [0, 0.1) is 0 Å². The first kappa shape index (κ1) is 11.8. The number of nitrogens with zero attached hydrogens (tertiary/aromatic N) is 2. The number of ether oxygens (including phenoxy) is 1. The molecule has 0 spiro atoms. The zero-order chi connectivity index (χ0) is 11.1. The molecule has 0 atom stereocenters. The van der Waals surface area contributed by atoms with Crippen LogP contribution in [0.2, 0.25) is 0 Å². The van der Waals surface area contributed by atoms with Gasteiger partial charge in [0.1, 0.15) is 0 Å². The summed E-state index contributed by atoms with van der Waals surface area (Å²) >= 11 is 0. The highest BCUT2D eigenvalue weighted by atomic mass is 16.5. The smallest absolute Gasteiger partial charge is 0.0637 e. The molecular weight excluding hydrogens is 192 g/mol. The van der Waals surface area contributed by atoms with Crippen LogP contribution in [0.5, 0.6) is 0 Å². The van der Waals surface area contributed by atoms with Crippen LogP contribution >= 0.6 is 0 Å². The van der Waals surface area contributed by atoms with Gasteiger partial charge in [-0.05, 0) is 5.57 Å². The van der Waals surface area contributed by atoms with Crippen LogP contribution in [-0.4, -0.2) is 43.1 Å². The molecule has 0 radical (unpaired) electrons. The van der Waals surface area contributed by atoms with E-state index in [1.807, 2.05) is 7.05 Å². The topological polar surface area (TPSA) is 45.1 Å². The quantitative estimate of drug-likeness (QED) is 0.426. The molecule has 4 nitrogen and oxygen atoms in total. The van der Waals surface area contributed by atoms with E-state index in [-0.39, 0.29) is 0 Å². The monoisotopic (exact) mass is 210 g/mol. The highest BCUT2D eigenvalue weighted by Gasteiger charge is 2.06. The maximum atomic E-state index is 8.82. The Morgan fingerprint density at radius 1 is 1.67 bits per heavy atom. The Labute approximate surface area is 90.5 Å². The number of hydrogen-bond acceptors (Lipinski definition) is 4. The van der Waals surface area contributed by atoms with Crippen LogP contribution < -0.4 is 0 Å². The van der Waals surface area contributed by atoms with E-state index in [2.05, 4.69) is 28.4 Å². The Morgan fingerprint density at radius 3 is 3.07 bits per heavy atom. The number of rotatable bonds is 5. The van der Waals surface area contributed by atoms with E-state index in [1.54, 1.807) is 7.11 Å². The largest absolute Gasteiger partial charge is 0.411 e. The minimum atomic E-state index is 0.590. The fourth-order valence-electron chi connectivity index (χ4n) is 1.48. The summed E-state index contributed by atoms with van der Waals surface area (Å²) in [7, 11) is 3.66. The Kier molecular flexibility index (Phi) is 4.90. The van der Waals surface area contributed by atoms with E-state index >= 15 is 0 Å². The molecule has 0 saturated heterocycles. The lowest BCUT2D eigenvalue weighted by Gasteiger charge is -2.17. The van der Waals surface area contributed by atoms with Crippen molar-refractivity contribution in [2.24, 2.45) is 5.16 Å². The third-order valence-electron chi connectivity index (χ3n) is 2.26. The van der Waals surface area contributed by atoms with Crippen molar-refractivity contribution >= 4 is 5.71 Å². The van der Waals surface area contributed by atoms with Crippen molar-refractivity contribution in [1.29, 1.82) is 0 Å². The van der Waals surface area contributed by atoms with Crippen molar-refractivity contribution in [2.75, 3.05) is 27.3 Å². The first-order valence-electron chi connectivity index (χ1n) is 5.02. The standard InChI is InChI=1S/C11H18N2O2/c1-13-6-3-4-10(9-13)8-11(12-14)5-7-15-2/h3-4,9,14H,5-8H2,1-2H3. The molecule has 1 aliphatic rings. The van der Waals surface area contributed by atoms with E-state index in [4.69, 9.17) is 9.94 Å². The van der Waals surface area contributed by atoms with E-state index in [0.717, 1.165) is 17.8 Å². The van der Waals surface area contributed by atoms with Crippen molar-refractivity contribution in [3.05, 3.63) is 23.9 Å². The van der Waals surface area contributed by atoms with Gasteiger partial charge in [-0.3, -0.25) is 0 Å². The van der Waals surface area contributed by atoms with Gasteiger partial charge in [0.25, 0.3) is 0 Å². The van der Waals surface area contributed by atoms with Crippen molar-refractivity contribution in [3.8, 4) is 0 Å². The van der Waals surface area contributed by atoms with Gasteiger partial charge in [-0.25, -0.2) is 0 Å². The van der Waals surface area contributed by atoms with Crippen molar-refractivity contribution < 1.29 is 9.94 Å². The molecule has 4 heteroatoms. The minimum absolute atomic E-state index is 0.590. The number of methoxy groups -OCH3 is 1. The summed E-state index contributed by atoms with van der Waals surface area (Å²) in [6, 6.07) is 0. The number of hydrogen-bond donors (Lipinski definition) is 1. The first-order chi connectivity index (χ1) is 7.26. The van der Waals surface area contributed by atoms with Crippen molar-refractivity contribution in [1.82, 2.24) is 4.90 Å². The molecule has 1 heterocycles. The Morgan fingerprint density at radius 2 is 2.47 bits per heavy atom. The highest BCUT2D eigenvalue weighted by Crippen LogP contribution is 2.12. The Bertz CT molecular complexity index is 282. The molecule has 0 aliphatic carbocycles. The zero-order valence-corrected chi connectivity index (χ0v) is 9.31. The van der Waals surface area contributed by atoms with Gasteiger partial charge in [-0.1, -0.05) is 17.3 Å². The molecular formula is C11H18N2O2. The average molecular weight is 210 g/mol. The number of allylic oxidation sites excluding steroid dienone is 2. The van der Waals surface area contributed by atoms with Gasteiger partial charge in [0.15, 0.2) is 0 Å². The molecule has 1 N–H and O–H groups in total. The molecule has 0 bridgehead atoms. The van der Waals surface area contributed by atoms with E-state index in [0.29, 0.717) is 19.4 Å². The summed E-state index contributed by atoms with van der Waals surface area (Å²) in [4.78, 5) is 2.10. The van der Waals surface area contributed by atoms with Crippen LogP contribution in [0.4, 0.5) is 0 Å². The molecule has 0 amide bonds. The highest BCUT2D eigenvalue weighted by molar-refractivity contribution is 5.86. The third kappa shape index (κ3) is 4.16. The lowest BCUT2D eigenvalue weighted by molar-refractivity contribution is 0.205. The van der Waals surface area contributed by atoms with E-state index < -0.39 is 0 Å². The fraction of sp³-hybridized carbons (Fsp3) is 0.545. The van der Waals surface area contributed by atoms with E-state index in [1.165, 1.54) is 0 Å². The molecule has 0 fully saturated rings. The van der Waals surface area contributed by atoms with Gasteiger partial charge >= 0.3 is 0 Å². The van der Waals surface area contributed by atoms with Gasteiger partial charge in [0.05, 0.1) is 12.3 Å². The van der Waals surface area contributed by atoms with Gasteiger partial charge in [0.2, 0.25) is 0 Å². The molecule has 84 valence electrons. The van der Waals surface area contributed by atoms with Gasteiger partial charge in [-0.15, -0.1) is 0 Å². The maximum absolute atomic E-state index is 8.82. The normalized spacial score (nSPS) is 16.8. The molecule has 0 saturated carbocycles. The number of oxime groups is 1. The average Bonchev–Trinajstić information content (AvgIpc) is 2.24. The SMILES string of the molecule is COCCC(CC1=CN(C)CC=C1)=NO. The second-order valence-electron chi connectivity index (χ2n) is 3.63. The Balaban J connectivity index is 2.48. The van der Waals surface area contributed by atoms with Crippen LogP contribution in [0.1, 0.15) is 12.8 Å².